The number of aliphatic hydroxyl groups excluding tert-OH is 1. The zero-order valence-corrected chi connectivity index (χ0v) is 13.2. The van der Waals surface area contributed by atoms with Gasteiger partial charge in [0.2, 0.25) is 10.0 Å². The molecule has 0 aliphatic carbocycles. The Morgan fingerprint density at radius 2 is 2.10 bits per heavy atom. The van der Waals surface area contributed by atoms with Crippen molar-refractivity contribution in [1.29, 1.82) is 0 Å². The molecule has 3 heterocycles. The van der Waals surface area contributed by atoms with E-state index < -0.39 is 10.0 Å². The fraction of sp³-hybridized carbons (Fsp3) is 0.714. The predicted octanol–water partition coefficient (Wildman–Crippen LogP) is 0.376. The van der Waals surface area contributed by atoms with Crippen molar-refractivity contribution < 1.29 is 13.5 Å². The van der Waals surface area contributed by atoms with Crippen LogP contribution in [0, 0.1) is 0 Å². The highest BCUT2D eigenvalue weighted by molar-refractivity contribution is 7.89. The Balaban J connectivity index is 1.81. The van der Waals surface area contributed by atoms with Crippen LogP contribution in [-0.4, -0.2) is 59.5 Å². The Morgan fingerprint density at radius 3 is 2.81 bits per heavy atom. The minimum Gasteiger partial charge on any atom is -0.390 e. The number of hydrogen-bond acceptors (Lipinski definition) is 4. The lowest BCUT2D eigenvalue weighted by Gasteiger charge is -2.43. The van der Waals surface area contributed by atoms with E-state index in [-0.39, 0.29) is 6.61 Å². The first-order valence-electron chi connectivity index (χ1n) is 7.52. The fourth-order valence-electron chi connectivity index (χ4n) is 3.37. The van der Waals surface area contributed by atoms with E-state index in [0.29, 0.717) is 29.7 Å². The molecular formula is C14H23N3O3S. The van der Waals surface area contributed by atoms with Crippen molar-refractivity contribution in [1.82, 2.24) is 13.8 Å². The summed E-state index contributed by atoms with van der Waals surface area (Å²) in [6, 6.07) is 1.94. The van der Waals surface area contributed by atoms with Gasteiger partial charge in [-0.1, -0.05) is 6.42 Å². The fourth-order valence-corrected chi connectivity index (χ4v) is 4.93. The standard InChI is InChI=1S/C14H23N3O3S/c1-15-10-14(8-13(15)11-18)21(19,20)17-7-6-16-5-3-2-4-12(16)9-17/h8,10,12,18H,2-7,9,11H2,1H3. The number of hydrogen-bond donors (Lipinski definition) is 1. The molecule has 118 valence electrons. The summed E-state index contributed by atoms with van der Waals surface area (Å²) in [5.41, 5.74) is 0.616. The number of sulfonamides is 1. The highest BCUT2D eigenvalue weighted by Gasteiger charge is 2.35. The number of nitrogens with zero attached hydrogens (tertiary/aromatic N) is 3. The third-order valence-electron chi connectivity index (χ3n) is 4.68. The van der Waals surface area contributed by atoms with E-state index in [2.05, 4.69) is 4.90 Å². The highest BCUT2D eigenvalue weighted by Crippen LogP contribution is 2.26. The summed E-state index contributed by atoms with van der Waals surface area (Å²) < 4.78 is 28.8. The van der Waals surface area contributed by atoms with Gasteiger partial charge in [-0.3, -0.25) is 4.90 Å². The van der Waals surface area contributed by atoms with Crippen LogP contribution in [0.4, 0.5) is 0 Å². The maximum atomic E-state index is 12.8. The monoisotopic (exact) mass is 313 g/mol. The molecule has 0 radical (unpaired) electrons. The zero-order valence-electron chi connectivity index (χ0n) is 12.4. The minimum atomic E-state index is -3.45. The number of fused-ring (bicyclic) bond motifs is 1. The van der Waals surface area contributed by atoms with Gasteiger partial charge in [0.05, 0.1) is 6.61 Å². The van der Waals surface area contributed by atoms with Gasteiger partial charge in [0.1, 0.15) is 4.90 Å². The molecule has 2 aliphatic rings. The van der Waals surface area contributed by atoms with E-state index in [1.54, 1.807) is 28.2 Å². The third-order valence-corrected chi connectivity index (χ3v) is 6.51. The van der Waals surface area contributed by atoms with Crippen LogP contribution in [-0.2, 0) is 23.7 Å². The van der Waals surface area contributed by atoms with E-state index >= 15 is 0 Å². The molecule has 21 heavy (non-hydrogen) atoms. The molecule has 1 atom stereocenters. The number of aromatic nitrogens is 1. The van der Waals surface area contributed by atoms with Gasteiger partial charge >= 0.3 is 0 Å². The lowest BCUT2D eigenvalue weighted by Crippen LogP contribution is -2.56. The molecule has 2 saturated heterocycles. The summed E-state index contributed by atoms with van der Waals surface area (Å²) in [4.78, 5) is 2.71. The summed E-state index contributed by atoms with van der Waals surface area (Å²) in [6.07, 6.45) is 5.09. The molecule has 1 N–H and O–H groups in total. The second-order valence-electron chi connectivity index (χ2n) is 5.98. The Labute approximate surface area is 126 Å². The van der Waals surface area contributed by atoms with E-state index in [9.17, 15) is 13.5 Å². The number of aliphatic hydroxyl groups is 1. The summed E-state index contributed by atoms with van der Waals surface area (Å²) in [7, 11) is -1.70. The molecule has 1 aromatic heterocycles. The first-order valence-corrected chi connectivity index (χ1v) is 8.96. The first kappa shape index (κ1) is 15.0. The Hall–Kier alpha value is -0.890. The third kappa shape index (κ3) is 2.75. The minimum absolute atomic E-state index is 0.150. The molecule has 2 aliphatic heterocycles. The zero-order chi connectivity index (χ0) is 15.0. The van der Waals surface area contributed by atoms with E-state index in [1.807, 2.05) is 0 Å². The van der Waals surface area contributed by atoms with Gasteiger partial charge in [0.15, 0.2) is 0 Å². The van der Waals surface area contributed by atoms with Crippen LogP contribution in [0.15, 0.2) is 17.2 Å². The van der Waals surface area contributed by atoms with Crippen molar-refractivity contribution in [2.75, 3.05) is 26.2 Å². The number of aryl methyl sites for hydroxylation is 1. The van der Waals surface area contributed by atoms with Gasteiger partial charge in [0, 0.05) is 44.6 Å². The van der Waals surface area contributed by atoms with E-state index in [1.165, 1.54) is 12.8 Å². The van der Waals surface area contributed by atoms with Gasteiger partial charge in [-0.25, -0.2) is 8.42 Å². The summed E-state index contributed by atoms with van der Waals surface area (Å²) in [5.74, 6) is 0. The van der Waals surface area contributed by atoms with Gasteiger partial charge in [0.25, 0.3) is 0 Å². The molecule has 0 aromatic carbocycles. The van der Waals surface area contributed by atoms with Crippen LogP contribution >= 0.6 is 0 Å². The predicted molar refractivity (Wildman–Crippen MR) is 79.3 cm³/mol. The molecular weight excluding hydrogens is 290 g/mol. The van der Waals surface area contributed by atoms with Crippen LogP contribution < -0.4 is 0 Å². The molecule has 3 rings (SSSR count). The second-order valence-corrected chi connectivity index (χ2v) is 7.92. The van der Waals surface area contributed by atoms with E-state index in [0.717, 1.165) is 19.5 Å². The maximum Gasteiger partial charge on any atom is 0.244 e. The summed E-state index contributed by atoms with van der Waals surface area (Å²) in [6.45, 7) is 2.92. The van der Waals surface area contributed by atoms with Crippen molar-refractivity contribution in [3.8, 4) is 0 Å². The number of rotatable bonds is 3. The van der Waals surface area contributed by atoms with Gasteiger partial charge in [-0.15, -0.1) is 0 Å². The van der Waals surface area contributed by atoms with Crippen molar-refractivity contribution in [2.24, 2.45) is 7.05 Å². The maximum absolute atomic E-state index is 12.8. The number of piperidine rings is 1. The van der Waals surface area contributed by atoms with Gasteiger partial charge < -0.3 is 9.67 Å². The normalized spacial score (nSPS) is 25.0. The molecule has 0 amide bonds. The molecule has 2 fully saturated rings. The summed E-state index contributed by atoms with van der Waals surface area (Å²) in [5, 5.41) is 9.23. The average Bonchev–Trinajstić information content (AvgIpc) is 2.88. The lowest BCUT2D eigenvalue weighted by atomic mass is 10.0. The van der Waals surface area contributed by atoms with Crippen LogP contribution in [0.25, 0.3) is 0 Å². The molecule has 1 aromatic rings. The lowest BCUT2D eigenvalue weighted by molar-refractivity contribution is 0.0852. The topological polar surface area (TPSA) is 65.8 Å². The van der Waals surface area contributed by atoms with Crippen molar-refractivity contribution in [3.63, 3.8) is 0 Å². The number of piperazine rings is 1. The SMILES string of the molecule is Cn1cc(S(=O)(=O)N2CCN3CCCCC3C2)cc1CO. The largest absolute Gasteiger partial charge is 0.390 e. The van der Waals surface area contributed by atoms with Gasteiger partial charge in [-0.05, 0) is 25.5 Å². The average molecular weight is 313 g/mol. The Kier molecular flexibility index (Phi) is 4.09. The van der Waals surface area contributed by atoms with E-state index in [4.69, 9.17) is 0 Å². The smallest absolute Gasteiger partial charge is 0.244 e. The quantitative estimate of drug-likeness (QED) is 0.876. The molecule has 0 bridgehead atoms. The van der Waals surface area contributed by atoms with Crippen molar-refractivity contribution >= 4 is 10.0 Å². The van der Waals surface area contributed by atoms with Crippen LogP contribution in [0.2, 0.25) is 0 Å². The van der Waals surface area contributed by atoms with Crippen molar-refractivity contribution in [2.45, 2.75) is 36.8 Å². The molecule has 0 spiro atoms. The molecule has 1 unspecified atom stereocenters. The Bertz CT molecular complexity index is 611. The highest BCUT2D eigenvalue weighted by atomic mass is 32.2. The molecule has 0 saturated carbocycles. The van der Waals surface area contributed by atoms with Gasteiger partial charge in [-0.2, -0.15) is 4.31 Å². The molecule has 6 nitrogen and oxygen atoms in total. The summed E-state index contributed by atoms with van der Waals surface area (Å²) >= 11 is 0. The van der Waals surface area contributed by atoms with Crippen LogP contribution in [0.5, 0.6) is 0 Å². The first-order chi connectivity index (χ1) is 10.0. The second kappa shape index (κ2) is 5.72. The van der Waals surface area contributed by atoms with Crippen LogP contribution in [0.3, 0.4) is 0 Å². The van der Waals surface area contributed by atoms with Crippen LogP contribution in [0.1, 0.15) is 25.0 Å². The molecule has 7 heteroatoms. The van der Waals surface area contributed by atoms with Crippen molar-refractivity contribution in [3.05, 3.63) is 18.0 Å². The Morgan fingerprint density at radius 1 is 1.29 bits per heavy atom.